The summed E-state index contributed by atoms with van der Waals surface area (Å²) in [5.41, 5.74) is 2.37. The lowest BCUT2D eigenvalue weighted by Crippen LogP contribution is -2.31. The quantitative estimate of drug-likeness (QED) is 0.336. The van der Waals surface area contributed by atoms with Gasteiger partial charge in [-0.15, -0.1) is 0 Å². The standard InChI is InChI=1S/C23H25NO5/c1-15-5-7-17(8-6-15)21(25)19-20(16-9-11-18(29-3)12-10-16)24(13-4-14-28-2)23(27)22(19)26/h5-12,20,25H,4,13-14H2,1-3H3/b21-19+. The highest BCUT2D eigenvalue weighted by atomic mass is 16.5. The fourth-order valence-corrected chi connectivity index (χ4v) is 3.49. The summed E-state index contributed by atoms with van der Waals surface area (Å²) in [4.78, 5) is 27.1. The van der Waals surface area contributed by atoms with Crippen LogP contribution in [0.1, 0.15) is 29.2 Å². The average molecular weight is 395 g/mol. The van der Waals surface area contributed by atoms with Gasteiger partial charge in [-0.3, -0.25) is 9.59 Å². The highest BCUT2D eigenvalue weighted by Crippen LogP contribution is 2.39. The molecule has 1 atom stereocenters. The maximum Gasteiger partial charge on any atom is 0.295 e. The predicted molar refractivity (Wildman–Crippen MR) is 110 cm³/mol. The van der Waals surface area contributed by atoms with Gasteiger partial charge in [-0.05, 0) is 31.0 Å². The molecule has 1 amide bonds. The summed E-state index contributed by atoms with van der Waals surface area (Å²) in [5.74, 6) is -0.793. The Morgan fingerprint density at radius 3 is 2.28 bits per heavy atom. The van der Waals surface area contributed by atoms with Crippen LogP contribution in [0.4, 0.5) is 0 Å². The minimum absolute atomic E-state index is 0.0986. The van der Waals surface area contributed by atoms with Crippen molar-refractivity contribution in [2.24, 2.45) is 0 Å². The number of carbonyl (C=O) groups excluding carboxylic acids is 2. The van der Waals surface area contributed by atoms with Crippen molar-refractivity contribution in [3.8, 4) is 5.75 Å². The van der Waals surface area contributed by atoms with Crippen LogP contribution in [0.2, 0.25) is 0 Å². The zero-order valence-corrected chi connectivity index (χ0v) is 16.8. The largest absolute Gasteiger partial charge is 0.507 e. The Bertz CT molecular complexity index is 915. The van der Waals surface area contributed by atoms with Gasteiger partial charge in [0.25, 0.3) is 11.7 Å². The average Bonchev–Trinajstić information content (AvgIpc) is 2.99. The molecule has 0 spiro atoms. The maximum absolute atomic E-state index is 12.9. The van der Waals surface area contributed by atoms with Crippen molar-refractivity contribution in [1.82, 2.24) is 4.90 Å². The van der Waals surface area contributed by atoms with E-state index in [0.29, 0.717) is 30.9 Å². The van der Waals surface area contributed by atoms with Gasteiger partial charge in [0.05, 0.1) is 18.7 Å². The first kappa shape index (κ1) is 20.6. The number of amides is 1. The monoisotopic (exact) mass is 395 g/mol. The summed E-state index contributed by atoms with van der Waals surface area (Å²) >= 11 is 0. The number of likely N-dealkylation sites (tertiary alicyclic amines) is 1. The van der Waals surface area contributed by atoms with Crippen molar-refractivity contribution >= 4 is 17.4 Å². The Morgan fingerprint density at radius 2 is 1.69 bits per heavy atom. The van der Waals surface area contributed by atoms with Gasteiger partial charge in [0.2, 0.25) is 0 Å². The molecule has 0 radical (unpaired) electrons. The van der Waals surface area contributed by atoms with Gasteiger partial charge in [0, 0.05) is 25.8 Å². The fourth-order valence-electron chi connectivity index (χ4n) is 3.49. The van der Waals surface area contributed by atoms with Gasteiger partial charge >= 0.3 is 0 Å². The molecule has 6 heteroatoms. The van der Waals surface area contributed by atoms with E-state index < -0.39 is 17.7 Å². The first-order chi connectivity index (χ1) is 14.0. The van der Waals surface area contributed by atoms with Crippen LogP contribution >= 0.6 is 0 Å². The molecule has 0 saturated carbocycles. The molecule has 1 saturated heterocycles. The topological polar surface area (TPSA) is 76.1 Å². The number of aliphatic hydroxyl groups is 1. The second kappa shape index (κ2) is 8.92. The Labute approximate surface area is 170 Å². The molecular formula is C23H25NO5. The maximum atomic E-state index is 12.9. The summed E-state index contributed by atoms with van der Waals surface area (Å²) in [7, 11) is 3.16. The molecule has 0 bridgehead atoms. The highest BCUT2D eigenvalue weighted by Gasteiger charge is 2.45. The summed E-state index contributed by atoms with van der Waals surface area (Å²) < 4.78 is 10.3. The molecule has 1 aliphatic heterocycles. The molecule has 0 aliphatic carbocycles. The normalized spacial score (nSPS) is 18.3. The van der Waals surface area contributed by atoms with Crippen LogP contribution in [0.25, 0.3) is 5.76 Å². The number of aliphatic hydroxyl groups excluding tert-OH is 1. The second-order valence-electron chi connectivity index (χ2n) is 6.98. The van der Waals surface area contributed by atoms with E-state index in [-0.39, 0.29) is 11.3 Å². The number of aryl methyl sites for hydroxylation is 1. The Balaban J connectivity index is 2.09. The summed E-state index contributed by atoms with van der Waals surface area (Å²) in [6, 6.07) is 13.7. The third kappa shape index (κ3) is 4.17. The van der Waals surface area contributed by atoms with Crippen molar-refractivity contribution < 1.29 is 24.2 Å². The van der Waals surface area contributed by atoms with E-state index in [2.05, 4.69) is 0 Å². The first-order valence-electron chi connectivity index (χ1n) is 9.46. The number of hydrogen-bond acceptors (Lipinski definition) is 5. The highest BCUT2D eigenvalue weighted by molar-refractivity contribution is 6.46. The zero-order valence-electron chi connectivity index (χ0n) is 16.8. The van der Waals surface area contributed by atoms with E-state index in [4.69, 9.17) is 9.47 Å². The van der Waals surface area contributed by atoms with Crippen LogP contribution in [0.3, 0.4) is 0 Å². The number of hydrogen-bond donors (Lipinski definition) is 1. The van der Waals surface area contributed by atoms with E-state index in [1.54, 1.807) is 50.6 Å². The lowest BCUT2D eigenvalue weighted by Gasteiger charge is -2.25. The van der Waals surface area contributed by atoms with Gasteiger partial charge in [-0.2, -0.15) is 0 Å². The minimum Gasteiger partial charge on any atom is -0.507 e. The van der Waals surface area contributed by atoms with Crippen LogP contribution in [-0.2, 0) is 14.3 Å². The van der Waals surface area contributed by atoms with Crippen LogP contribution in [0.15, 0.2) is 54.1 Å². The van der Waals surface area contributed by atoms with E-state index in [1.807, 2.05) is 19.1 Å². The van der Waals surface area contributed by atoms with E-state index >= 15 is 0 Å². The molecule has 1 aliphatic rings. The molecule has 152 valence electrons. The lowest BCUT2D eigenvalue weighted by molar-refractivity contribution is -0.140. The molecule has 3 rings (SSSR count). The van der Waals surface area contributed by atoms with Gasteiger partial charge < -0.3 is 19.5 Å². The number of ether oxygens (including phenoxy) is 2. The Morgan fingerprint density at radius 1 is 1.03 bits per heavy atom. The predicted octanol–water partition coefficient (Wildman–Crippen LogP) is 3.46. The smallest absolute Gasteiger partial charge is 0.295 e. The van der Waals surface area contributed by atoms with Crippen molar-refractivity contribution in [2.45, 2.75) is 19.4 Å². The number of methoxy groups -OCH3 is 2. The summed E-state index contributed by atoms with van der Waals surface area (Å²) in [5, 5.41) is 11.0. The van der Waals surface area contributed by atoms with Gasteiger partial charge in [0.15, 0.2) is 0 Å². The third-order valence-corrected chi connectivity index (χ3v) is 5.04. The van der Waals surface area contributed by atoms with Crippen LogP contribution in [0, 0.1) is 6.92 Å². The second-order valence-corrected chi connectivity index (χ2v) is 6.98. The molecule has 1 unspecified atom stereocenters. The van der Waals surface area contributed by atoms with Crippen LogP contribution in [-0.4, -0.2) is 49.1 Å². The fraction of sp³-hybridized carbons (Fsp3) is 0.304. The molecule has 29 heavy (non-hydrogen) atoms. The van der Waals surface area contributed by atoms with Gasteiger partial charge in [-0.25, -0.2) is 0 Å². The molecular weight excluding hydrogens is 370 g/mol. The molecule has 1 heterocycles. The van der Waals surface area contributed by atoms with E-state index in [9.17, 15) is 14.7 Å². The molecule has 0 aromatic heterocycles. The number of nitrogens with zero attached hydrogens (tertiary/aromatic N) is 1. The van der Waals surface area contributed by atoms with Crippen molar-refractivity contribution in [3.63, 3.8) is 0 Å². The number of rotatable bonds is 7. The van der Waals surface area contributed by atoms with Crippen LogP contribution in [0.5, 0.6) is 5.75 Å². The minimum atomic E-state index is -0.679. The number of benzene rings is 2. The number of Topliss-reactive ketones (excluding diaryl/α,β-unsaturated/α-hetero) is 1. The van der Waals surface area contributed by atoms with Crippen LogP contribution < -0.4 is 4.74 Å². The van der Waals surface area contributed by atoms with Gasteiger partial charge in [-0.1, -0.05) is 42.0 Å². The summed E-state index contributed by atoms with van der Waals surface area (Å²) in [6.07, 6.45) is 0.584. The number of ketones is 1. The third-order valence-electron chi connectivity index (χ3n) is 5.04. The van der Waals surface area contributed by atoms with Gasteiger partial charge in [0.1, 0.15) is 11.5 Å². The van der Waals surface area contributed by atoms with E-state index in [1.165, 1.54) is 4.90 Å². The zero-order chi connectivity index (χ0) is 21.0. The van der Waals surface area contributed by atoms with Crippen molar-refractivity contribution in [3.05, 3.63) is 70.8 Å². The lowest BCUT2D eigenvalue weighted by atomic mass is 9.95. The van der Waals surface area contributed by atoms with Crippen molar-refractivity contribution in [2.75, 3.05) is 27.4 Å². The molecule has 6 nitrogen and oxygen atoms in total. The Hall–Kier alpha value is -3.12. The molecule has 2 aromatic carbocycles. The molecule has 1 fully saturated rings. The first-order valence-corrected chi connectivity index (χ1v) is 9.46. The van der Waals surface area contributed by atoms with E-state index in [0.717, 1.165) is 11.1 Å². The SMILES string of the molecule is COCCCN1C(=O)C(=O)/C(=C(/O)c2ccc(C)cc2)C1c1ccc(OC)cc1. The molecule has 2 aromatic rings. The number of carbonyl (C=O) groups is 2. The summed E-state index contributed by atoms with van der Waals surface area (Å²) in [6.45, 7) is 2.76. The molecule has 1 N–H and O–H groups in total. The Kier molecular flexibility index (Phi) is 6.34. The van der Waals surface area contributed by atoms with Crippen molar-refractivity contribution in [1.29, 1.82) is 0 Å².